The summed E-state index contributed by atoms with van der Waals surface area (Å²) >= 11 is 11.5. The van der Waals surface area contributed by atoms with Crippen LogP contribution in [0.3, 0.4) is 0 Å². The van der Waals surface area contributed by atoms with E-state index in [1.165, 1.54) is 6.07 Å². The molecule has 0 heterocycles. The van der Waals surface area contributed by atoms with E-state index >= 15 is 0 Å². The second-order valence-electron chi connectivity index (χ2n) is 2.96. The van der Waals surface area contributed by atoms with Crippen LogP contribution in [-0.2, 0) is 0 Å². The molecule has 1 aromatic rings. The molecule has 0 aliphatic carbocycles. The molecule has 2 amide bonds. The second-order valence-corrected chi connectivity index (χ2v) is 3.78. The molecule has 0 fully saturated rings. The van der Waals surface area contributed by atoms with Gasteiger partial charge in [-0.15, -0.1) is 0 Å². The number of rotatable bonds is 4. The third kappa shape index (κ3) is 4.82. The molecular formula is C9H9Cl2N5O. The molecule has 0 spiro atoms. The van der Waals surface area contributed by atoms with E-state index in [4.69, 9.17) is 28.7 Å². The first-order valence-corrected chi connectivity index (χ1v) is 5.40. The van der Waals surface area contributed by atoms with E-state index in [-0.39, 0.29) is 13.1 Å². The molecule has 6 nitrogen and oxygen atoms in total. The summed E-state index contributed by atoms with van der Waals surface area (Å²) < 4.78 is 0. The van der Waals surface area contributed by atoms with Crippen LogP contribution in [0.4, 0.5) is 10.5 Å². The van der Waals surface area contributed by atoms with Crippen LogP contribution in [0, 0.1) is 0 Å². The first kappa shape index (κ1) is 13.4. The van der Waals surface area contributed by atoms with E-state index in [1.54, 1.807) is 12.1 Å². The number of hydrogen-bond acceptors (Lipinski definition) is 2. The maximum Gasteiger partial charge on any atom is 0.319 e. The summed E-state index contributed by atoms with van der Waals surface area (Å²) in [7, 11) is 0. The van der Waals surface area contributed by atoms with Crippen molar-refractivity contribution in [3.05, 3.63) is 38.7 Å². The summed E-state index contributed by atoms with van der Waals surface area (Å²) in [6, 6.07) is 4.34. The number of amides is 2. The summed E-state index contributed by atoms with van der Waals surface area (Å²) in [6.45, 7) is 0.461. The van der Waals surface area contributed by atoms with Crippen molar-refractivity contribution in [2.45, 2.75) is 0 Å². The van der Waals surface area contributed by atoms with Gasteiger partial charge in [-0.1, -0.05) is 28.3 Å². The Bertz CT molecular complexity index is 459. The summed E-state index contributed by atoms with van der Waals surface area (Å²) in [5, 5.41) is 9.12. The van der Waals surface area contributed by atoms with Gasteiger partial charge in [0.25, 0.3) is 0 Å². The van der Waals surface area contributed by atoms with E-state index in [9.17, 15) is 4.79 Å². The van der Waals surface area contributed by atoms with Crippen LogP contribution in [0.2, 0.25) is 10.0 Å². The van der Waals surface area contributed by atoms with Crippen molar-refractivity contribution in [3.8, 4) is 0 Å². The van der Waals surface area contributed by atoms with Gasteiger partial charge in [0, 0.05) is 23.7 Å². The van der Waals surface area contributed by atoms with Crippen LogP contribution in [-0.4, -0.2) is 19.1 Å². The Balaban J connectivity index is 2.45. The smallest absolute Gasteiger partial charge is 0.319 e. The van der Waals surface area contributed by atoms with Crippen LogP contribution in [0.25, 0.3) is 10.4 Å². The standard InChI is InChI=1S/C9H9Cl2N5O/c10-7-2-1-6(5-8(7)11)15-9(17)13-3-4-14-16-12/h1-2,5H,3-4H2,(H2,13,15,17). The number of benzene rings is 1. The van der Waals surface area contributed by atoms with E-state index in [1.807, 2.05) is 0 Å². The minimum absolute atomic E-state index is 0.200. The second kappa shape index (κ2) is 6.85. The zero-order valence-electron chi connectivity index (χ0n) is 8.65. The average Bonchev–Trinajstić information content (AvgIpc) is 2.30. The molecule has 0 bridgehead atoms. The Morgan fingerprint density at radius 1 is 1.41 bits per heavy atom. The first-order valence-electron chi connectivity index (χ1n) is 4.64. The predicted octanol–water partition coefficient (Wildman–Crippen LogP) is 3.43. The van der Waals surface area contributed by atoms with Gasteiger partial charge in [0.2, 0.25) is 0 Å². The van der Waals surface area contributed by atoms with Crippen LogP contribution < -0.4 is 10.6 Å². The van der Waals surface area contributed by atoms with Gasteiger partial charge in [-0.05, 0) is 23.7 Å². The molecule has 0 aliphatic rings. The third-order valence-electron chi connectivity index (χ3n) is 1.74. The fourth-order valence-electron chi connectivity index (χ4n) is 1.01. The highest BCUT2D eigenvalue weighted by Crippen LogP contribution is 2.24. The minimum atomic E-state index is -0.406. The Kier molecular flexibility index (Phi) is 5.42. The molecule has 0 atom stereocenters. The highest BCUT2D eigenvalue weighted by atomic mass is 35.5. The number of hydrogen-bond donors (Lipinski definition) is 2. The molecule has 0 unspecified atom stereocenters. The topological polar surface area (TPSA) is 89.9 Å². The van der Waals surface area contributed by atoms with Gasteiger partial charge in [-0.25, -0.2) is 4.79 Å². The monoisotopic (exact) mass is 273 g/mol. The largest absolute Gasteiger partial charge is 0.338 e. The molecule has 0 aromatic heterocycles. The maximum absolute atomic E-state index is 11.3. The lowest BCUT2D eigenvalue weighted by Gasteiger charge is -2.07. The van der Waals surface area contributed by atoms with Gasteiger partial charge in [0.1, 0.15) is 0 Å². The van der Waals surface area contributed by atoms with Crippen molar-refractivity contribution in [1.82, 2.24) is 5.32 Å². The third-order valence-corrected chi connectivity index (χ3v) is 2.48. The summed E-state index contributed by atoms with van der Waals surface area (Å²) in [6.07, 6.45) is 0. The number of nitrogens with zero attached hydrogens (tertiary/aromatic N) is 3. The zero-order valence-corrected chi connectivity index (χ0v) is 10.2. The number of carbonyl (C=O) groups excluding carboxylic acids is 1. The van der Waals surface area contributed by atoms with Crippen molar-refractivity contribution in [3.63, 3.8) is 0 Å². The van der Waals surface area contributed by atoms with Crippen LogP contribution in [0.1, 0.15) is 0 Å². The van der Waals surface area contributed by atoms with E-state index in [2.05, 4.69) is 20.7 Å². The van der Waals surface area contributed by atoms with Gasteiger partial charge in [0.05, 0.1) is 10.0 Å². The highest BCUT2D eigenvalue weighted by Gasteiger charge is 2.03. The Morgan fingerprint density at radius 3 is 2.82 bits per heavy atom. The molecule has 0 saturated heterocycles. The number of halogens is 2. The molecule has 1 rings (SSSR count). The molecule has 0 radical (unpaired) electrons. The number of azide groups is 1. The molecule has 1 aromatic carbocycles. The van der Waals surface area contributed by atoms with E-state index in [0.717, 1.165) is 0 Å². The molecular weight excluding hydrogens is 265 g/mol. The lowest BCUT2D eigenvalue weighted by molar-refractivity contribution is 0.252. The van der Waals surface area contributed by atoms with Gasteiger partial charge >= 0.3 is 6.03 Å². The number of anilines is 1. The van der Waals surface area contributed by atoms with Gasteiger partial charge in [0.15, 0.2) is 0 Å². The first-order chi connectivity index (χ1) is 8.13. The Morgan fingerprint density at radius 2 is 2.18 bits per heavy atom. The summed E-state index contributed by atoms with van der Waals surface area (Å²) in [5.74, 6) is 0. The lowest BCUT2D eigenvalue weighted by Crippen LogP contribution is -2.30. The van der Waals surface area contributed by atoms with Gasteiger partial charge < -0.3 is 10.6 Å². The van der Waals surface area contributed by atoms with Crippen molar-refractivity contribution in [1.29, 1.82) is 0 Å². The molecule has 2 N–H and O–H groups in total. The van der Waals surface area contributed by atoms with Crippen molar-refractivity contribution >= 4 is 34.9 Å². The molecule has 0 saturated carbocycles. The minimum Gasteiger partial charge on any atom is -0.338 e. The van der Waals surface area contributed by atoms with Gasteiger partial charge in [-0.3, -0.25) is 0 Å². The summed E-state index contributed by atoms with van der Waals surface area (Å²) in [4.78, 5) is 13.9. The van der Waals surface area contributed by atoms with E-state index in [0.29, 0.717) is 15.7 Å². The fourth-order valence-corrected chi connectivity index (χ4v) is 1.31. The number of urea groups is 1. The average molecular weight is 274 g/mol. The highest BCUT2D eigenvalue weighted by molar-refractivity contribution is 6.42. The SMILES string of the molecule is [N-]=[N+]=NCCNC(=O)Nc1ccc(Cl)c(Cl)c1. The van der Waals surface area contributed by atoms with Crippen LogP contribution in [0.15, 0.2) is 23.3 Å². The fraction of sp³-hybridized carbons (Fsp3) is 0.222. The van der Waals surface area contributed by atoms with Crippen molar-refractivity contribution in [2.75, 3.05) is 18.4 Å². The Hall–Kier alpha value is -1.62. The normalized spacial score (nSPS) is 9.29. The molecule has 17 heavy (non-hydrogen) atoms. The van der Waals surface area contributed by atoms with Crippen molar-refractivity contribution < 1.29 is 4.79 Å². The summed E-state index contributed by atoms with van der Waals surface area (Å²) in [5.41, 5.74) is 8.55. The van der Waals surface area contributed by atoms with E-state index < -0.39 is 6.03 Å². The van der Waals surface area contributed by atoms with Crippen LogP contribution in [0.5, 0.6) is 0 Å². The molecule has 8 heteroatoms. The number of carbonyl (C=O) groups is 1. The molecule has 90 valence electrons. The maximum atomic E-state index is 11.3. The Labute approximate surface area is 108 Å². The molecule has 0 aliphatic heterocycles. The number of nitrogens with one attached hydrogen (secondary N) is 2. The predicted molar refractivity (Wildman–Crippen MR) is 67.5 cm³/mol. The van der Waals surface area contributed by atoms with Crippen LogP contribution >= 0.6 is 23.2 Å². The quantitative estimate of drug-likeness (QED) is 0.374. The lowest BCUT2D eigenvalue weighted by atomic mass is 10.3. The van der Waals surface area contributed by atoms with Crippen molar-refractivity contribution in [2.24, 2.45) is 5.11 Å². The van der Waals surface area contributed by atoms with Gasteiger partial charge in [-0.2, -0.15) is 0 Å². The zero-order chi connectivity index (χ0) is 12.7.